The molecule has 12 heavy (non-hydrogen) atoms. The first kappa shape index (κ1) is 12.5. The molecule has 0 unspecified atom stereocenters. The van der Waals surface area contributed by atoms with Crippen molar-refractivity contribution in [2.45, 2.75) is 39.5 Å². The van der Waals surface area contributed by atoms with Gasteiger partial charge in [0.2, 0.25) is 0 Å². The van der Waals surface area contributed by atoms with Crippen molar-refractivity contribution in [2.75, 3.05) is 13.2 Å². The summed E-state index contributed by atoms with van der Waals surface area (Å²) in [4.78, 5) is 0. The van der Waals surface area contributed by atoms with Gasteiger partial charge in [0.05, 0.1) is 0 Å². The van der Waals surface area contributed by atoms with Gasteiger partial charge in [-0.15, -0.1) is 0 Å². The second kappa shape index (κ2) is 9.61. The van der Waals surface area contributed by atoms with Crippen molar-refractivity contribution in [2.24, 2.45) is 0 Å². The summed E-state index contributed by atoms with van der Waals surface area (Å²) in [6, 6.07) is 0. The van der Waals surface area contributed by atoms with Gasteiger partial charge in [0.15, 0.2) is 0 Å². The van der Waals surface area contributed by atoms with Gasteiger partial charge in [-0.3, -0.25) is 0 Å². The Kier molecular flexibility index (Phi) is 10.0. The average Bonchev–Trinajstić information content (AvgIpc) is 2.06. The molecule has 0 aromatic carbocycles. The fourth-order valence-electron chi connectivity index (χ4n) is 0.641. The third-order valence-corrected chi connectivity index (χ3v) is 3.95. The van der Waals surface area contributed by atoms with Crippen molar-refractivity contribution in [1.82, 2.24) is 0 Å². The Hall–Kier alpha value is 0.519. The Labute approximate surface area is 82.6 Å². The van der Waals surface area contributed by atoms with Crippen LogP contribution in [0.2, 0.25) is 0 Å². The van der Waals surface area contributed by atoms with Crippen molar-refractivity contribution in [1.29, 1.82) is 0 Å². The van der Waals surface area contributed by atoms with E-state index in [9.17, 15) is 3.08 Å². The molecular formula is C8H18O3Sn. The minimum atomic E-state index is -3.03. The van der Waals surface area contributed by atoms with E-state index in [-0.39, 0.29) is 0 Å². The molecule has 0 aliphatic heterocycles. The standard InChI is InChI=1S/2C4H9O.O.Sn/c2*1-2-3-4-5;;/h2*2-4H2,1H3;;/q2*-1;;+2. The van der Waals surface area contributed by atoms with Crippen LogP contribution in [0.3, 0.4) is 0 Å². The van der Waals surface area contributed by atoms with Crippen molar-refractivity contribution < 1.29 is 9.23 Å². The van der Waals surface area contributed by atoms with Gasteiger partial charge >= 0.3 is 82.5 Å². The van der Waals surface area contributed by atoms with Gasteiger partial charge in [0.1, 0.15) is 0 Å². The molecule has 0 atom stereocenters. The molecule has 0 aromatic heterocycles. The summed E-state index contributed by atoms with van der Waals surface area (Å²) in [6.45, 7) is 5.35. The second-order valence-corrected chi connectivity index (χ2v) is 5.73. The molecule has 72 valence electrons. The third-order valence-electron chi connectivity index (χ3n) is 1.44. The molecule has 0 aromatic rings. The maximum absolute atomic E-state index is 11.0. The van der Waals surface area contributed by atoms with Crippen LogP contribution >= 0.6 is 0 Å². The van der Waals surface area contributed by atoms with Gasteiger partial charge in [-0.1, -0.05) is 0 Å². The first-order valence-corrected chi connectivity index (χ1v) is 8.10. The number of rotatable bonds is 8. The summed E-state index contributed by atoms with van der Waals surface area (Å²) >= 11 is -3.03. The fourth-order valence-corrected chi connectivity index (χ4v) is 2.65. The molecular weight excluding hydrogens is 263 g/mol. The van der Waals surface area contributed by atoms with Crippen molar-refractivity contribution in [3.63, 3.8) is 0 Å². The van der Waals surface area contributed by atoms with Crippen LogP contribution in [-0.4, -0.2) is 33.8 Å². The Morgan fingerprint density at radius 2 is 1.42 bits per heavy atom. The monoisotopic (exact) mass is 282 g/mol. The van der Waals surface area contributed by atoms with E-state index in [4.69, 9.17) is 6.15 Å². The third kappa shape index (κ3) is 8.61. The molecule has 0 fully saturated rings. The maximum atomic E-state index is 11.0. The van der Waals surface area contributed by atoms with Crippen molar-refractivity contribution in [3.05, 3.63) is 0 Å². The number of hydrogen-bond acceptors (Lipinski definition) is 3. The summed E-state index contributed by atoms with van der Waals surface area (Å²) in [7, 11) is 0. The summed E-state index contributed by atoms with van der Waals surface area (Å²) in [5.74, 6) is 0. The molecule has 0 amide bonds. The molecule has 0 saturated carbocycles. The van der Waals surface area contributed by atoms with E-state index >= 15 is 0 Å². The zero-order valence-electron chi connectivity index (χ0n) is 7.97. The Bertz CT molecular complexity index is 105. The first-order valence-electron chi connectivity index (χ1n) is 4.60. The van der Waals surface area contributed by atoms with Crippen molar-refractivity contribution >= 4 is 20.6 Å². The van der Waals surface area contributed by atoms with E-state index in [1.54, 1.807) is 0 Å². The van der Waals surface area contributed by atoms with E-state index in [0.717, 1.165) is 25.7 Å². The van der Waals surface area contributed by atoms with Crippen LogP contribution in [0.4, 0.5) is 0 Å². The van der Waals surface area contributed by atoms with Crippen LogP contribution in [0.25, 0.3) is 0 Å². The zero-order valence-corrected chi connectivity index (χ0v) is 10.8. The van der Waals surface area contributed by atoms with Gasteiger partial charge in [-0.05, 0) is 0 Å². The second-order valence-electron chi connectivity index (χ2n) is 2.65. The molecule has 0 heterocycles. The van der Waals surface area contributed by atoms with Crippen molar-refractivity contribution in [3.8, 4) is 0 Å². The summed E-state index contributed by atoms with van der Waals surface area (Å²) in [5.41, 5.74) is 0. The van der Waals surface area contributed by atoms with E-state index in [1.807, 2.05) is 0 Å². The van der Waals surface area contributed by atoms with Crippen LogP contribution in [0.15, 0.2) is 0 Å². The normalized spacial score (nSPS) is 10.2. The number of hydrogen-bond donors (Lipinski definition) is 0. The van der Waals surface area contributed by atoms with Gasteiger partial charge in [-0.25, -0.2) is 0 Å². The summed E-state index contributed by atoms with van der Waals surface area (Å²) in [6.07, 6.45) is 4.10. The Balaban J connectivity index is 3.10. The van der Waals surface area contributed by atoms with Gasteiger partial charge < -0.3 is 0 Å². The van der Waals surface area contributed by atoms with E-state index < -0.39 is 20.6 Å². The predicted octanol–water partition coefficient (Wildman–Crippen LogP) is 2.04. The van der Waals surface area contributed by atoms with E-state index in [2.05, 4.69) is 13.8 Å². The Morgan fingerprint density at radius 1 is 1.00 bits per heavy atom. The van der Waals surface area contributed by atoms with Crippen LogP contribution < -0.4 is 0 Å². The van der Waals surface area contributed by atoms with Crippen LogP contribution in [-0.2, 0) is 9.23 Å². The SMILES string of the molecule is CCCC[O][Sn](=[O])[O]CCCC. The quantitative estimate of drug-likeness (QED) is 0.504. The molecule has 4 heteroatoms. The summed E-state index contributed by atoms with van der Waals surface area (Å²) < 4.78 is 21.1. The van der Waals surface area contributed by atoms with Gasteiger partial charge in [0, 0.05) is 0 Å². The molecule has 0 saturated heterocycles. The average molecular weight is 281 g/mol. The molecule has 0 N–H and O–H groups in total. The number of unbranched alkanes of at least 4 members (excludes halogenated alkanes) is 2. The molecule has 0 aliphatic rings. The minimum absolute atomic E-state index is 0.598. The van der Waals surface area contributed by atoms with Crippen LogP contribution in [0, 0.1) is 0 Å². The molecule has 0 spiro atoms. The topological polar surface area (TPSA) is 35.5 Å². The van der Waals surface area contributed by atoms with Gasteiger partial charge in [0.25, 0.3) is 0 Å². The van der Waals surface area contributed by atoms with Crippen LogP contribution in [0.1, 0.15) is 39.5 Å². The Morgan fingerprint density at radius 3 is 1.75 bits per heavy atom. The molecule has 0 radical (unpaired) electrons. The molecule has 0 aliphatic carbocycles. The van der Waals surface area contributed by atoms with E-state index in [1.165, 1.54) is 0 Å². The predicted molar refractivity (Wildman–Crippen MR) is 48.2 cm³/mol. The molecule has 3 nitrogen and oxygen atoms in total. The summed E-state index contributed by atoms with van der Waals surface area (Å²) in [5, 5.41) is 0. The van der Waals surface area contributed by atoms with E-state index in [0.29, 0.717) is 13.2 Å². The van der Waals surface area contributed by atoms with Gasteiger partial charge in [-0.2, -0.15) is 0 Å². The zero-order chi connectivity index (χ0) is 9.23. The fraction of sp³-hybridized carbons (Fsp3) is 1.00. The first-order chi connectivity index (χ1) is 5.81. The van der Waals surface area contributed by atoms with Crippen LogP contribution in [0.5, 0.6) is 0 Å². The molecule has 0 rings (SSSR count). The molecule has 0 bridgehead atoms.